The van der Waals surface area contributed by atoms with Crippen molar-refractivity contribution in [1.29, 1.82) is 0 Å². The lowest BCUT2D eigenvalue weighted by Crippen LogP contribution is -2.34. The number of nitrogens with two attached hydrogens (primary N) is 1. The highest BCUT2D eigenvalue weighted by atomic mass is 19.1. The maximum absolute atomic E-state index is 16.2. The number of benzene rings is 1. The van der Waals surface area contributed by atoms with E-state index < -0.39 is 28.5 Å². The smallest absolute Gasteiger partial charge is 0.266 e. The molecule has 0 spiro atoms. The molecule has 5 rings (SSSR count). The number of hydrogen-bond donors (Lipinski definition) is 1. The molecule has 0 unspecified atom stereocenters. The maximum atomic E-state index is 16.2. The van der Waals surface area contributed by atoms with E-state index in [1.807, 2.05) is 4.90 Å². The second-order valence-corrected chi connectivity index (χ2v) is 9.07. The molecule has 0 radical (unpaired) electrons. The number of ketones is 1. The first-order chi connectivity index (χ1) is 15.8. The zero-order valence-electron chi connectivity index (χ0n) is 18.3. The van der Waals surface area contributed by atoms with Crippen molar-refractivity contribution in [2.75, 3.05) is 31.6 Å². The normalized spacial score (nSPS) is 22.3. The molecule has 1 saturated heterocycles. The average Bonchev–Trinajstić information content (AvgIpc) is 3.52. The fraction of sp³-hybridized carbons (Fsp3) is 0.478. The fourth-order valence-electron chi connectivity index (χ4n) is 5.15. The number of rotatable bonds is 6. The second-order valence-electron chi connectivity index (χ2n) is 9.07. The molecule has 2 aliphatic carbocycles. The Morgan fingerprint density at radius 1 is 1.36 bits per heavy atom. The number of nitro groups is 1. The summed E-state index contributed by atoms with van der Waals surface area (Å²) in [4.78, 5) is 37.5. The highest BCUT2D eigenvalue weighted by Crippen LogP contribution is 2.44. The molecule has 10 heteroatoms. The fourth-order valence-corrected chi connectivity index (χ4v) is 5.15. The monoisotopic (exact) mass is 456 g/mol. The summed E-state index contributed by atoms with van der Waals surface area (Å²) in [5, 5.41) is 10.8. The largest absolute Gasteiger partial charge is 0.494 e. The zero-order chi connectivity index (χ0) is 23.4. The second kappa shape index (κ2) is 7.95. The van der Waals surface area contributed by atoms with E-state index in [9.17, 15) is 19.7 Å². The summed E-state index contributed by atoms with van der Waals surface area (Å²) >= 11 is 0. The van der Waals surface area contributed by atoms with Crippen LogP contribution in [0.25, 0.3) is 10.9 Å². The summed E-state index contributed by atoms with van der Waals surface area (Å²) < 4.78 is 23.3. The molecule has 174 valence electrons. The lowest BCUT2D eigenvalue weighted by molar-refractivity contribution is -0.465. The molecule has 2 N–H and O–H groups in total. The predicted octanol–water partition coefficient (Wildman–Crippen LogP) is 2.43. The van der Waals surface area contributed by atoms with Gasteiger partial charge in [0.2, 0.25) is 11.2 Å². The van der Waals surface area contributed by atoms with Crippen LogP contribution in [0.5, 0.6) is 5.75 Å². The molecule has 33 heavy (non-hydrogen) atoms. The van der Waals surface area contributed by atoms with Crippen LogP contribution >= 0.6 is 0 Å². The third-order valence-corrected chi connectivity index (χ3v) is 6.94. The molecular formula is C23H25FN4O5. The number of hydrogen-bond acceptors (Lipinski definition) is 7. The van der Waals surface area contributed by atoms with Crippen LogP contribution in [0.4, 0.5) is 10.1 Å². The molecule has 3 aliphatic rings. The Morgan fingerprint density at radius 2 is 2.12 bits per heavy atom. The molecule has 2 atom stereocenters. The van der Waals surface area contributed by atoms with E-state index in [0.717, 1.165) is 25.7 Å². The van der Waals surface area contributed by atoms with Gasteiger partial charge in [0.05, 0.1) is 23.6 Å². The van der Waals surface area contributed by atoms with Gasteiger partial charge >= 0.3 is 0 Å². The number of nitrogens with zero attached hydrogens (tertiary/aromatic N) is 3. The molecule has 0 bridgehead atoms. The topological polar surface area (TPSA) is 121 Å². The van der Waals surface area contributed by atoms with Crippen molar-refractivity contribution in [3.8, 4) is 5.75 Å². The van der Waals surface area contributed by atoms with E-state index in [0.29, 0.717) is 13.1 Å². The van der Waals surface area contributed by atoms with Crippen molar-refractivity contribution in [2.45, 2.75) is 37.8 Å². The van der Waals surface area contributed by atoms with Crippen molar-refractivity contribution in [1.82, 2.24) is 4.57 Å². The van der Waals surface area contributed by atoms with Crippen molar-refractivity contribution >= 4 is 22.4 Å². The molecule has 1 saturated carbocycles. The molecule has 2 fully saturated rings. The summed E-state index contributed by atoms with van der Waals surface area (Å²) in [6.07, 6.45) is 6.80. The number of Topliss-reactive ketones (excluding diaryl/α,β-unsaturated/α-hetero) is 1. The number of methoxy groups -OCH3 is 1. The van der Waals surface area contributed by atoms with E-state index in [4.69, 9.17) is 10.5 Å². The van der Waals surface area contributed by atoms with Crippen molar-refractivity contribution in [2.24, 2.45) is 11.7 Å². The summed E-state index contributed by atoms with van der Waals surface area (Å²) in [7, 11) is 1.40. The lowest BCUT2D eigenvalue weighted by Gasteiger charge is -2.25. The van der Waals surface area contributed by atoms with Crippen LogP contribution in [-0.2, 0) is 0 Å². The average molecular weight is 456 g/mol. The van der Waals surface area contributed by atoms with E-state index in [2.05, 4.69) is 6.08 Å². The number of carbonyl (C=O) groups is 1. The number of fused-ring (bicyclic) bond motifs is 2. The van der Waals surface area contributed by atoms with Gasteiger partial charge in [0, 0.05) is 42.2 Å². The summed E-state index contributed by atoms with van der Waals surface area (Å²) in [5.41, 5.74) is 6.85. The number of anilines is 1. The van der Waals surface area contributed by atoms with E-state index in [1.165, 1.54) is 24.9 Å². The Labute approximate surface area is 188 Å². The van der Waals surface area contributed by atoms with Gasteiger partial charge < -0.3 is 19.9 Å². The molecule has 9 nitrogen and oxygen atoms in total. The van der Waals surface area contributed by atoms with Crippen LogP contribution in [0, 0.1) is 21.8 Å². The summed E-state index contributed by atoms with van der Waals surface area (Å²) in [5.74, 6) is -1.15. The Balaban J connectivity index is 1.69. The number of carbonyl (C=O) groups excluding carboxylic acids is 1. The predicted molar refractivity (Wildman–Crippen MR) is 120 cm³/mol. The van der Waals surface area contributed by atoms with Gasteiger partial charge in [-0.2, -0.15) is 0 Å². The van der Waals surface area contributed by atoms with Gasteiger partial charge in [-0.1, -0.05) is 6.08 Å². The van der Waals surface area contributed by atoms with Crippen molar-refractivity contribution in [3.05, 3.63) is 55.6 Å². The molecule has 2 aromatic rings. The number of halogens is 1. The lowest BCUT2D eigenvalue weighted by atomic mass is 9.86. The molecular weight excluding hydrogens is 431 g/mol. The highest BCUT2D eigenvalue weighted by Gasteiger charge is 2.37. The summed E-state index contributed by atoms with van der Waals surface area (Å²) in [6, 6.07) is 1.40. The molecule has 0 amide bonds. The molecule has 1 aromatic heterocycles. The molecule has 1 aliphatic heterocycles. The first kappa shape index (κ1) is 21.6. The van der Waals surface area contributed by atoms with E-state index >= 15 is 4.39 Å². The molecule has 1 aromatic carbocycles. The Morgan fingerprint density at radius 3 is 2.76 bits per heavy atom. The van der Waals surface area contributed by atoms with Crippen LogP contribution in [0.1, 0.15) is 42.1 Å². The third-order valence-electron chi connectivity index (χ3n) is 6.94. The van der Waals surface area contributed by atoms with E-state index in [-0.39, 0.29) is 45.9 Å². The minimum atomic E-state index is -0.992. The number of pyridine rings is 1. The van der Waals surface area contributed by atoms with Crippen LogP contribution < -0.4 is 20.8 Å². The first-order valence-electron chi connectivity index (χ1n) is 11.1. The standard InChI is InChI=1S/C23H25FN4O5/c1-33-19-7-14-21(20(24)22(19)26-8-12-3-2-4-17(25)15(12)9-26)27(13-5-6-13)10-16(23(14)30)18(29)11-28(31)32/h3,7,10,13,15,17H,2,4-6,8-9,11,25H2,1H3/t15-,17+/m1/s1. The maximum Gasteiger partial charge on any atom is 0.266 e. The number of ether oxygens (including phenoxy) is 1. The summed E-state index contributed by atoms with van der Waals surface area (Å²) in [6.45, 7) is 0.0940. The SMILES string of the molecule is COc1cc2c(=O)c(C(=O)C[N+](=O)[O-])cn(C3CC3)c2c(F)c1N1CC2=CCC[C@H](N)[C@@H]2C1. The Bertz CT molecular complexity index is 1270. The third kappa shape index (κ3) is 3.58. The van der Waals surface area contributed by atoms with Gasteiger partial charge in [-0.25, -0.2) is 4.39 Å². The van der Waals surface area contributed by atoms with Crippen LogP contribution in [0.15, 0.2) is 28.7 Å². The molecule has 2 heterocycles. The van der Waals surface area contributed by atoms with Gasteiger partial charge in [0.1, 0.15) is 11.4 Å². The van der Waals surface area contributed by atoms with Gasteiger partial charge in [0.15, 0.2) is 5.82 Å². The van der Waals surface area contributed by atoms with Gasteiger partial charge in [-0.05, 0) is 37.3 Å². The van der Waals surface area contributed by atoms with Crippen molar-refractivity contribution in [3.63, 3.8) is 0 Å². The Kier molecular flexibility index (Phi) is 5.19. The first-order valence-corrected chi connectivity index (χ1v) is 11.1. The number of allylic oxidation sites excluding steroid dienone is 1. The quantitative estimate of drug-likeness (QED) is 0.307. The van der Waals surface area contributed by atoms with Gasteiger partial charge in [-0.3, -0.25) is 19.7 Å². The van der Waals surface area contributed by atoms with Crippen LogP contribution in [0.3, 0.4) is 0 Å². The Hall–Kier alpha value is -3.27. The zero-order valence-corrected chi connectivity index (χ0v) is 18.3. The minimum Gasteiger partial charge on any atom is -0.494 e. The number of aromatic nitrogens is 1. The highest BCUT2D eigenvalue weighted by molar-refractivity contribution is 6.00. The van der Waals surface area contributed by atoms with E-state index in [1.54, 1.807) is 4.57 Å². The van der Waals surface area contributed by atoms with Crippen LogP contribution in [-0.4, -0.2) is 48.1 Å². The van der Waals surface area contributed by atoms with Crippen molar-refractivity contribution < 1.29 is 18.8 Å². The minimum absolute atomic E-state index is 0.0123. The van der Waals surface area contributed by atoms with Gasteiger partial charge in [-0.15, -0.1) is 0 Å². The van der Waals surface area contributed by atoms with Gasteiger partial charge in [0.25, 0.3) is 6.54 Å². The van der Waals surface area contributed by atoms with Crippen LogP contribution in [0.2, 0.25) is 0 Å².